The van der Waals surface area contributed by atoms with Gasteiger partial charge in [0.15, 0.2) is 0 Å². The third-order valence-electron chi connectivity index (χ3n) is 7.34. The molecule has 6 rings (SSSR count). The maximum Gasteiger partial charge on any atom is 0.263 e. The Morgan fingerprint density at radius 1 is 0.833 bits per heavy atom. The Balaban J connectivity index is 1.37. The number of amides is 1. The molecule has 36 heavy (non-hydrogen) atoms. The molecule has 0 aliphatic carbocycles. The number of aromatic nitrogens is 2. The van der Waals surface area contributed by atoms with Gasteiger partial charge in [-0.05, 0) is 42.4 Å². The molecule has 3 aromatic carbocycles. The zero-order chi connectivity index (χ0) is 24.6. The zero-order valence-corrected chi connectivity index (χ0v) is 20.4. The number of hydrogen-bond donors (Lipinski definition) is 0. The summed E-state index contributed by atoms with van der Waals surface area (Å²) in [5.41, 5.74) is 3.62. The van der Waals surface area contributed by atoms with Crippen LogP contribution in [0.25, 0.3) is 10.9 Å². The largest absolute Gasteiger partial charge is 0.369 e. The number of carbonyl (C=O) groups excluding carboxylic acids is 1. The molecule has 2 aliphatic rings. The highest BCUT2D eigenvalue weighted by Crippen LogP contribution is 2.33. The molecule has 1 atom stereocenters. The van der Waals surface area contributed by atoms with E-state index in [4.69, 9.17) is 4.98 Å². The highest BCUT2D eigenvalue weighted by Gasteiger charge is 2.34. The summed E-state index contributed by atoms with van der Waals surface area (Å²) < 4.78 is 1.71. The first-order valence-corrected chi connectivity index (χ1v) is 12.5. The van der Waals surface area contributed by atoms with Crippen molar-refractivity contribution in [3.8, 4) is 0 Å². The number of para-hydroxylation sites is 1. The van der Waals surface area contributed by atoms with Gasteiger partial charge in [-0.2, -0.15) is 0 Å². The van der Waals surface area contributed by atoms with Gasteiger partial charge >= 0.3 is 0 Å². The first-order chi connectivity index (χ1) is 17.6. The quantitative estimate of drug-likeness (QED) is 0.447. The van der Waals surface area contributed by atoms with Crippen molar-refractivity contribution in [3.63, 3.8) is 0 Å². The van der Waals surface area contributed by atoms with E-state index in [0.29, 0.717) is 23.4 Å². The van der Waals surface area contributed by atoms with E-state index in [9.17, 15) is 9.59 Å². The molecular weight excluding hydrogens is 450 g/mol. The van der Waals surface area contributed by atoms with Gasteiger partial charge in [-0.3, -0.25) is 19.1 Å². The molecule has 1 fully saturated rings. The lowest BCUT2D eigenvalue weighted by Crippen LogP contribution is -2.45. The molecular formula is C29H29N5O2. The summed E-state index contributed by atoms with van der Waals surface area (Å²) in [6.07, 6.45) is 0.219. The molecule has 1 aromatic heterocycles. The smallest absolute Gasteiger partial charge is 0.263 e. The molecule has 3 heterocycles. The Morgan fingerprint density at radius 3 is 2.28 bits per heavy atom. The van der Waals surface area contributed by atoms with E-state index < -0.39 is 0 Å². The van der Waals surface area contributed by atoms with Gasteiger partial charge in [-0.25, -0.2) is 4.98 Å². The van der Waals surface area contributed by atoms with E-state index in [1.54, 1.807) is 15.5 Å². The maximum atomic E-state index is 13.7. The van der Waals surface area contributed by atoms with Crippen molar-refractivity contribution in [2.24, 2.45) is 0 Å². The topological polar surface area (TPSA) is 61.7 Å². The summed E-state index contributed by atoms with van der Waals surface area (Å²) in [5, 5.41) is 0.563. The summed E-state index contributed by atoms with van der Waals surface area (Å²) in [4.78, 5) is 38.4. The van der Waals surface area contributed by atoms with Crippen LogP contribution in [0.1, 0.15) is 23.6 Å². The van der Waals surface area contributed by atoms with E-state index in [0.717, 1.165) is 37.3 Å². The van der Waals surface area contributed by atoms with Crippen LogP contribution >= 0.6 is 0 Å². The van der Waals surface area contributed by atoms with E-state index in [-0.39, 0.29) is 23.9 Å². The minimum absolute atomic E-state index is 0.0332. The third kappa shape index (κ3) is 4.05. The van der Waals surface area contributed by atoms with Gasteiger partial charge in [0.2, 0.25) is 11.9 Å². The lowest BCUT2D eigenvalue weighted by molar-refractivity contribution is -0.120. The van der Waals surface area contributed by atoms with Crippen molar-refractivity contribution in [2.75, 3.05) is 43.0 Å². The van der Waals surface area contributed by atoms with Crippen molar-refractivity contribution in [2.45, 2.75) is 19.0 Å². The molecule has 0 saturated carbocycles. The van der Waals surface area contributed by atoms with Crippen LogP contribution in [0.5, 0.6) is 0 Å². The highest BCUT2D eigenvalue weighted by atomic mass is 16.2. The standard InChI is InChI=1S/C29H29N5O2/c1-31-15-17-32(18-16-31)23-13-11-21(12-14-23)20-33-27(35)19-26(22-7-3-2-4-8-22)34-28(36)24-9-5-6-10-25(24)30-29(33)34/h2-14,26H,15-20H2,1H3. The van der Waals surface area contributed by atoms with Crippen molar-refractivity contribution >= 4 is 28.4 Å². The number of likely N-dealkylation sites (N-methyl/N-ethyl adjacent to an activating group) is 1. The fourth-order valence-corrected chi connectivity index (χ4v) is 5.24. The molecule has 7 nitrogen and oxygen atoms in total. The third-order valence-corrected chi connectivity index (χ3v) is 7.34. The average Bonchev–Trinajstić information content (AvgIpc) is 2.92. The number of hydrogen-bond acceptors (Lipinski definition) is 5. The molecule has 1 unspecified atom stereocenters. The summed E-state index contributed by atoms with van der Waals surface area (Å²) in [6, 6.07) is 25.1. The van der Waals surface area contributed by atoms with Gasteiger partial charge < -0.3 is 9.80 Å². The molecule has 0 radical (unpaired) electrons. The van der Waals surface area contributed by atoms with Crippen LogP contribution in [0.15, 0.2) is 83.7 Å². The predicted octanol–water partition coefficient (Wildman–Crippen LogP) is 3.67. The lowest BCUT2D eigenvalue weighted by Gasteiger charge is -2.35. The Labute approximate surface area is 210 Å². The van der Waals surface area contributed by atoms with Crippen LogP contribution in [-0.2, 0) is 11.3 Å². The van der Waals surface area contributed by atoms with Crippen molar-refractivity contribution < 1.29 is 4.79 Å². The molecule has 2 aliphatic heterocycles. The monoisotopic (exact) mass is 479 g/mol. The fourth-order valence-electron chi connectivity index (χ4n) is 5.24. The van der Waals surface area contributed by atoms with E-state index in [1.807, 2.05) is 48.5 Å². The van der Waals surface area contributed by atoms with Gasteiger partial charge in [0.05, 0.1) is 29.9 Å². The molecule has 0 spiro atoms. The molecule has 1 saturated heterocycles. The number of rotatable bonds is 4. The van der Waals surface area contributed by atoms with E-state index >= 15 is 0 Å². The summed E-state index contributed by atoms with van der Waals surface area (Å²) in [5.74, 6) is 0.376. The Hall–Kier alpha value is -3.97. The molecule has 182 valence electrons. The van der Waals surface area contributed by atoms with Crippen LogP contribution in [-0.4, -0.2) is 53.6 Å². The lowest BCUT2D eigenvalue weighted by atomic mass is 10.00. The second kappa shape index (κ2) is 9.24. The summed E-state index contributed by atoms with van der Waals surface area (Å²) in [7, 11) is 2.15. The Kier molecular flexibility index (Phi) is 5.77. The SMILES string of the molecule is CN1CCN(c2ccc(CN3C(=O)CC(c4ccccc4)n4c3nc3ccccc3c4=O)cc2)CC1. The number of anilines is 2. The Morgan fingerprint density at radius 2 is 1.53 bits per heavy atom. The molecule has 0 N–H and O–H groups in total. The van der Waals surface area contributed by atoms with Crippen LogP contribution in [0.2, 0.25) is 0 Å². The van der Waals surface area contributed by atoms with Crippen LogP contribution in [0, 0.1) is 0 Å². The van der Waals surface area contributed by atoms with Gasteiger partial charge in [0.1, 0.15) is 0 Å². The molecule has 0 bridgehead atoms. The summed E-state index contributed by atoms with van der Waals surface area (Å²) >= 11 is 0. The molecule has 4 aromatic rings. The number of nitrogens with zero attached hydrogens (tertiary/aromatic N) is 5. The maximum absolute atomic E-state index is 13.7. The van der Waals surface area contributed by atoms with E-state index in [2.05, 4.69) is 41.1 Å². The predicted molar refractivity (Wildman–Crippen MR) is 143 cm³/mol. The fraction of sp³-hybridized carbons (Fsp3) is 0.276. The number of benzene rings is 3. The van der Waals surface area contributed by atoms with Gasteiger partial charge in [-0.15, -0.1) is 0 Å². The number of piperazine rings is 1. The van der Waals surface area contributed by atoms with Gasteiger partial charge in [-0.1, -0.05) is 54.6 Å². The van der Waals surface area contributed by atoms with E-state index in [1.165, 1.54) is 5.69 Å². The normalized spacial score (nSPS) is 18.5. The Bertz CT molecular complexity index is 1460. The molecule has 7 heteroatoms. The second-order valence-corrected chi connectivity index (χ2v) is 9.67. The van der Waals surface area contributed by atoms with Crippen LogP contribution < -0.4 is 15.4 Å². The van der Waals surface area contributed by atoms with Crippen molar-refractivity contribution in [3.05, 3.63) is 100 Å². The van der Waals surface area contributed by atoms with Crippen molar-refractivity contribution in [1.29, 1.82) is 0 Å². The van der Waals surface area contributed by atoms with Gasteiger partial charge in [0.25, 0.3) is 5.56 Å². The highest BCUT2D eigenvalue weighted by molar-refractivity contribution is 5.95. The van der Waals surface area contributed by atoms with Crippen LogP contribution in [0.4, 0.5) is 11.6 Å². The first kappa shape index (κ1) is 22.5. The summed E-state index contributed by atoms with van der Waals surface area (Å²) in [6.45, 7) is 4.49. The second-order valence-electron chi connectivity index (χ2n) is 9.67. The minimum atomic E-state index is -0.380. The number of fused-ring (bicyclic) bond motifs is 2. The number of carbonyl (C=O) groups is 1. The van der Waals surface area contributed by atoms with Crippen LogP contribution in [0.3, 0.4) is 0 Å². The minimum Gasteiger partial charge on any atom is -0.369 e. The average molecular weight is 480 g/mol. The molecule has 1 amide bonds. The van der Waals surface area contributed by atoms with Gasteiger partial charge in [0, 0.05) is 31.9 Å². The first-order valence-electron chi connectivity index (χ1n) is 12.5. The van der Waals surface area contributed by atoms with Crippen molar-refractivity contribution in [1.82, 2.24) is 14.5 Å². The zero-order valence-electron chi connectivity index (χ0n) is 20.4.